The number of aliphatic imine (C=N–C) groups is 1. The third kappa shape index (κ3) is 4.29. The van der Waals surface area contributed by atoms with E-state index in [0.29, 0.717) is 12.1 Å². The molecule has 0 amide bonds. The van der Waals surface area contributed by atoms with Gasteiger partial charge in [-0.1, -0.05) is 62.0 Å². The van der Waals surface area contributed by atoms with Gasteiger partial charge in [-0.05, 0) is 41.5 Å². The van der Waals surface area contributed by atoms with Crippen LogP contribution in [0.25, 0.3) is 10.8 Å². The van der Waals surface area contributed by atoms with E-state index in [1.807, 2.05) is 73.7 Å². The number of hydrogen-bond acceptors (Lipinski definition) is 4. The van der Waals surface area contributed by atoms with Gasteiger partial charge in [0.15, 0.2) is 5.71 Å². The molecule has 0 bridgehead atoms. The lowest BCUT2D eigenvalue weighted by molar-refractivity contribution is -0.138. The Morgan fingerprint density at radius 1 is 1.07 bits per heavy atom. The first-order valence-electron chi connectivity index (χ1n) is 9.20. The van der Waals surface area contributed by atoms with Gasteiger partial charge in [0.1, 0.15) is 11.9 Å². The molecule has 0 aliphatic heterocycles. The normalized spacial score (nSPS) is 12.4. The van der Waals surface area contributed by atoms with Crippen molar-refractivity contribution in [3.63, 3.8) is 0 Å². The second kappa shape index (κ2) is 9.00. The van der Waals surface area contributed by atoms with Crippen molar-refractivity contribution in [1.29, 1.82) is 0 Å². The van der Waals surface area contributed by atoms with Crippen LogP contribution in [-0.4, -0.2) is 24.9 Å². The molecule has 0 heterocycles. The minimum Gasteiger partial charge on any atom is -0.497 e. The summed E-state index contributed by atoms with van der Waals surface area (Å²) in [7, 11) is 1.61. The highest BCUT2D eigenvalue weighted by atomic mass is 16.5. The Labute approximate surface area is 165 Å². The number of carbonyl (C=O) groups is 1. The fourth-order valence-corrected chi connectivity index (χ4v) is 2.92. The summed E-state index contributed by atoms with van der Waals surface area (Å²) in [6.45, 7) is 5.68. The molecule has 0 aliphatic rings. The third-order valence-corrected chi connectivity index (χ3v) is 4.48. The average Bonchev–Trinajstić information content (AvgIpc) is 2.75. The van der Waals surface area contributed by atoms with E-state index in [2.05, 4.69) is 11.6 Å². The number of esters is 1. The van der Waals surface area contributed by atoms with Gasteiger partial charge in [0.2, 0.25) is 0 Å². The maximum absolute atomic E-state index is 13.0. The Morgan fingerprint density at radius 2 is 1.79 bits per heavy atom. The summed E-state index contributed by atoms with van der Waals surface area (Å²) in [5.74, 6) is 0.255. The van der Waals surface area contributed by atoms with Gasteiger partial charge in [0.25, 0.3) is 0 Å². The second-order valence-electron chi connectivity index (χ2n) is 6.27. The fourth-order valence-electron chi connectivity index (χ4n) is 2.92. The summed E-state index contributed by atoms with van der Waals surface area (Å²) in [6, 6.07) is 20.9. The van der Waals surface area contributed by atoms with Crippen LogP contribution in [0.5, 0.6) is 5.75 Å². The van der Waals surface area contributed by atoms with Crippen molar-refractivity contribution < 1.29 is 14.3 Å². The van der Waals surface area contributed by atoms with Crippen molar-refractivity contribution in [2.24, 2.45) is 4.99 Å². The lowest BCUT2D eigenvalue weighted by Gasteiger charge is -2.14. The predicted molar refractivity (Wildman–Crippen MR) is 114 cm³/mol. The minimum atomic E-state index is -0.473. The molecular weight excluding hydrogens is 350 g/mol. The van der Waals surface area contributed by atoms with Crippen molar-refractivity contribution in [3.8, 4) is 5.75 Å². The van der Waals surface area contributed by atoms with Crippen LogP contribution in [0, 0.1) is 0 Å². The summed E-state index contributed by atoms with van der Waals surface area (Å²) in [6.07, 6.45) is 1.93. The molecular formula is C24H23NO3. The Morgan fingerprint density at radius 3 is 2.46 bits per heavy atom. The van der Waals surface area contributed by atoms with Gasteiger partial charge in [0.05, 0.1) is 12.8 Å². The highest BCUT2D eigenvalue weighted by Crippen LogP contribution is 2.24. The monoisotopic (exact) mass is 373 g/mol. The standard InChI is InChI=1S/C24H23NO3/c1-4-19(5-2)28-24(26)23(25-18-13-15-20(27-3)16-14-18)22-12-8-10-17-9-6-7-11-21(17)22/h4,6-16,19H,1,5H2,2-3H3. The number of ether oxygens (including phenoxy) is 2. The number of nitrogens with zero attached hydrogens (tertiary/aromatic N) is 1. The summed E-state index contributed by atoms with van der Waals surface area (Å²) < 4.78 is 10.8. The first kappa shape index (κ1) is 19.4. The molecule has 0 saturated heterocycles. The van der Waals surface area contributed by atoms with E-state index in [9.17, 15) is 4.79 Å². The maximum Gasteiger partial charge on any atom is 0.358 e. The summed E-state index contributed by atoms with van der Waals surface area (Å²) in [4.78, 5) is 17.6. The van der Waals surface area contributed by atoms with E-state index in [-0.39, 0.29) is 11.8 Å². The number of carbonyl (C=O) groups excluding carboxylic acids is 1. The molecule has 4 nitrogen and oxygen atoms in total. The zero-order valence-electron chi connectivity index (χ0n) is 16.1. The van der Waals surface area contributed by atoms with Gasteiger partial charge >= 0.3 is 5.97 Å². The van der Waals surface area contributed by atoms with E-state index in [4.69, 9.17) is 9.47 Å². The van der Waals surface area contributed by atoms with Crippen LogP contribution >= 0.6 is 0 Å². The van der Waals surface area contributed by atoms with Gasteiger partial charge in [-0.25, -0.2) is 9.79 Å². The zero-order chi connectivity index (χ0) is 19.9. The van der Waals surface area contributed by atoms with Crippen LogP contribution in [0.4, 0.5) is 5.69 Å². The SMILES string of the molecule is C=CC(CC)OC(=O)C(=Nc1ccc(OC)cc1)c1cccc2ccccc12. The van der Waals surface area contributed by atoms with E-state index < -0.39 is 5.97 Å². The molecule has 0 radical (unpaired) electrons. The van der Waals surface area contributed by atoms with Gasteiger partial charge in [-0.2, -0.15) is 0 Å². The molecule has 28 heavy (non-hydrogen) atoms. The quantitative estimate of drug-likeness (QED) is 0.313. The highest BCUT2D eigenvalue weighted by Gasteiger charge is 2.20. The molecule has 1 unspecified atom stereocenters. The van der Waals surface area contributed by atoms with Gasteiger partial charge in [-0.15, -0.1) is 0 Å². The third-order valence-electron chi connectivity index (χ3n) is 4.48. The van der Waals surface area contributed by atoms with Gasteiger partial charge in [0, 0.05) is 5.56 Å². The molecule has 0 N–H and O–H groups in total. The lowest BCUT2D eigenvalue weighted by atomic mass is 10.0. The lowest BCUT2D eigenvalue weighted by Crippen LogP contribution is -2.24. The summed E-state index contributed by atoms with van der Waals surface area (Å²) in [5.41, 5.74) is 1.65. The van der Waals surface area contributed by atoms with Crippen molar-refractivity contribution >= 4 is 28.1 Å². The van der Waals surface area contributed by atoms with Crippen molar-refractivity contribution in [3.05, 3.63) is 84.9 Å². The summed E-state index contributed by atoms with van der Waals surface area (Å²) >= 11 is 0. The highest BCUT2D eigenvalue weighted by molar-refractivity contribution is 6.46. The van der Waals surface area contributed by atoms with Crippen LogP contribution < -0.4 is 4.74 Å². The largest absolute Gasteiger partial charge is 0.497 e. The average molecular weight is 373 g/mol. The molecule has 0 fully saturated rings. The van der Waals surface area contributed by atoms with Gasteiger partial charge < -0.3 is 9.47 Å². The van der Waals surface area contributed by atoms with Crippen molar-refractivity contribution in [1.82, 2.24) is 0 Å². The number of rotatable bonds is 7. The molecule has 3 rings (SSSR count). The zero-order valence-corrected chi connectivity index (χ0v) is 16.1. The first-order chi connectivity index (χ1) is 13.7. The topological polar surface area (TPSA) is 47.9 Å². The second-order valence-corrected chi connectivity index (χ2v) is 6.27. The number of hydrogen-bond donors (Lipinski definition) is 0. The van der Waals surface area contributed by atoms with Crippen LogP contribution in [0.3, 0.4) is 0 Å². The Balaban J connectivity index is 2.11. The fraction of sp³-hybridized carbons (Fsp3) is 0.167. The number of benzene rings is 3. The van der Waals surface area contributed by atoms with Crippen LogP contribution in [0.15, 0.2) is 84.4 Å². The predicted octanol–water partition coefficient (Wildman–Crippen LogP) is 5.48. The molecule has 142 valence electrons. The molecule has 3 aromatic carbocycles. The maximum atomic E-state index is 13.0. The Bertz CT molecular complexity index is 1000. The molecule has 1 atom stereocenters. The van der Waals surface area contributed by atoms with Gasteiger partial charge in [-0.3, -0.25) is 0 Å². The van der Waals surface area contributed by atoms with Crippen LogP contribution in [0.2, 0.25) is 0 Å². The van der Waals surface area contributed by atoms with Crippen LogP contribution in [0.1, 0.15) is 18.9 Å². The molecule has 3 aromatic rings. The molecule has 0 saturated carbocycles. The number of methoxy groups -OCH3 is 1. The van der Waals surface area contributed by atoms with Crippen LogP contribution in [-0.2, 0) is 9.53 Å². The smallest absolute Gasteiger partial charge is 0.358 e. The van der Waals surface area contributed by atoms with Crippen molar-refractivity contribution in [2.75, 3.05) is 7.11 Å². The van der Waals surface area contributed by atoms with E-state index in [1.165, 1.54) is 0 Å². The Kier molecular flexibility index (Phi) is 6.22. The van der Waals surface area contributed by atoms with E-state index in [1.54, 1.807) is 13.2 Å². The van der Waals surface area contributed by atoms with E-state index in [0.717, 1.165) is 22.1 Å². The molecule has 0 spiro atoms. The first-order valence-corrected chi connectivity index (χ1v) is 9.20. The molecule has 4 heteroatoms. The van der Waals surface area contributed by atoms with E-state index >= 15 is 0 Å². The van der Waals surface area contributed by atoms with Crippen molar-refractivity contribution in [2.45, 2.75) is 19.4 Å². The molecule has 0 aliphatic carbocycles. The summed E-state index contributed by atoms with van der Waals surface area (Å²) in [5, 5.41) is 1.98. The molecule has 0 aromatic heterocycles. The minimum absolute atomic E-state index is 0.266. The number of fused-ring (bicyclic) bond motifs is 1. The Hall–Kier alpha value is -3.40.